The van der Waals surface area contributed by atoms with Gasteiger partial charge in [0.05, 0.1) is 7.11 Å². The van der Waals surface area contributed by atoms with Crippen LogP contribution in [0.1, 0.15) is 48.4 Å². The Morgan fingerprint density at radius 2 is 1.63 bits per heavy atom. The van der Waals surface area contributed by atoms with E-state index >= 15 is 0 Å². The predicted molar refractivity (Wildman–Crippen MR) is 79.3 cm³/mol. The third kappa shape index (κ3) is 3.10. The van der Waals surface area contributed by atoms with Crippen LogP contribution in [0.15, 0.2) is 12.1 Å². The molecule has 0 amide bonds. The van der Waals surface area contributed by atoms with Gasteiger partial charge in [-0.25, -0.2) is 0 Å². The van der Waals surface area contributed by atoms with E-state index in [4.69, 9.17) is 16.2 Å². The Morgan fingerprint density at radius 1 is 1.11 bits per heavy atom. The maximum Gasteiger partial charge on any atom is 0.124 e. The summed E-state index contributed by atoms with van der Waals surface area (Å²) < 4.78 is 5.41. The Hall–Kier alpha value is -1.06. The van der Waals surface area contributed by atoms with Gasteiger partial charge in [0.15, 0.2) is 0 Å². The number of aryl methyl sites for hydroxylation is 2. The molecule has 0 radical (unpaired) electrons. The van der Waals surface area contributed by atoms with Crippen molar-refractivity contribution in [3.05, 3.63) is 28.8 Å². The van der Waals surface area contributed by atoms with Crippen LogP contribution >= 0.6 is 0 Å². The third-order valence-electron chi connectivity index (χ3n) is 4.40. The van der Waals surface area contributed by atoms with E-state index in [9.17, 15) is 0 Å². The molecule has 0 heterocycles. The van der Waals surface area contributed by atoms with E-state index in [1.807, 2.05) is 0 Å². The van der Waals surface area contributed by atoms with E-state index in [-0.39, 0.29) is 6.04 Å². The number of benzene rings is 1. The first-order valence-electron chi connectivity index (χ1n) is 7.19. The number of hydrogen-bond donors (Lipinski definition) is 2. The highest BCUT2D eigenvalue weighted by molar-refractivity contribution is 5.44. The molecule has 3 heteroatoms. The van der Waals surface area contributed by atoms with Crippen molar-refractivity contribution in [2.24, 2.45) is 17.4 Å². The van der Waals surface area contributed by atoms with Crippen molar-refractivity contribution < 1.29 is 4.74 Å². The van der Waals surface area contributed by atoms with Crippen molar-refractivity contribution in [2.75, 3.05) is 7.11 Å². The zero-order valence-corrected chi connectivity index (χ0v) is 12.3. The van der Waals surface area contributed by atoms with E-state index in [2.05, 4.69) is 26.0 Å². The molecular formula is C16H26N2O. The molecule has 0 spiro atoms. The first-order valence-corrected chi connectivity index (χ1v) is 7.19. The second-order valence-corrected chi connectivity index (χ2v) is 5.89. The molecule has 1 aromatic rings. The molecule has 1 aliphatic rings. The lowest BCUT2D eigenvalue weighted by Crippen LogP contribution is -2.31. The lowest BCUT2D eigenvalue weighted by atomic mass is 9.79. The summed E-state index contributed by atoms with van der Waals surface area (Å²) in [6.07, 6.45) is 4.50. The van der Waals surface area contributed by atoms with Gasteiger partial charge in [0.1, 0.15) is 5.75 Å². The van der Waals surface area contributed by atoms with E-state index in [1.165, 1.54) is 16.7 Å². The summed E-state index contributed by atoms with van der Waals surface area (Å²) in [5.74, 6) is 1.54. The van der Waals surface area contributed by atoms with E-state index < -0.39 is 0 Å². The molecule has 0 bridgehead atoms. The van der Waals surface area contributed by atoms with Crippen molar-refractivity contribution >= 4 is 0 Å². The van der Waals surface area contributed by atoms with E-state index in [0.717, 1.165) is 31.4 Å². The van der Waals surface area contributed by atoms with Crippen molar-refractivity contribution in [1.82, 2.24) is 0 Å². The summed E-state index contributed by atoms with van der Waals surface area (Å²) in [4.78, 5) is 0. The van der Waals surface area contributed by atoms with Crippen molar-refractivity contribution in [3.63, 3.8) is 0 Å². The molecule has 3 nitrogen and oxygen atoms in total. The Bertz CT molecular complexity index is 413. The molecule has 1 aromatic carbocycles. The molecule has 0 saturated heterocycles. The van der Waals surface area contributed by atoms with Crippen molar-refractivity contribution in [1.29, 1.82) is 0 Å². The third-order valence-corrected chi connectivity index (χ3v) is 4.40. The number of methoxy groups -OCH3 is 1. The standard InChI is InChI=1S/C16H26N2O/c1-10-8-13(9-11(2)16(10)19-3)15(18)12-4-6-14(17)7-5-12/h8-9,12,14-15H,4-7,17-18H2,1-3H3. The van der Waals surface area contributed by atoms with Gasteiger partial charge in [-0.15, -0.1) is 0 Å². The summed E-state index contributed by atoms with van der Waals surface area (Å²) in [7, 11) is 1.72. The van der Waals surface area contributed by atoms with Crippen molar-refractivity contribution in [3.8, 4) is 5.75 Å². The lowest BCUT2D eigenvalue weighted by Gasteiger charge is -2.31. The van der Waals surface area contributed by atoms with Gasteiger partial charge in [-0.3, -0.25) is 0 Å². The minimum Gasteiger partial charge on any atom is -0.496 e. The average molecular weight is 262 g/mol. The molecule has 1 aliphatic carbocycles. The molecule has 1 atom stereocenters. The zero-order valence-electron chi connectivity index (χ0n) is 12.3. The molecule has 19 heavy (non-hydrogen) atoms. The largest absolute Gasteiger partial charge is 0.496 e. The monoisotopic (exact) mass is 262 g/mol. The molecule has 0 aliphatic heterocycles. The summed E-state index contributed by atoms with van der Waals surface area (Å²) in [6.45, 7) is 4.16. The molecule has 106 valence electrons. The quantitative estimate of drug-likeness (QED) is 0.880. The fraction of sp³-hybridized carbons (Fsp3) is 0.625. The fourth-order valence-electron chi connectivity index (χ4n) is 3.27. The van der Waals surface area contributed by atoms with Crippen LogP contribution < -0.4 is 16.2 Å². The van der Waals surface area contributed by atoms with Crippen molar-refractivity contribution in [2.45, 2.75) is 51.6 Å². The predicted octanol–water partition coefficient (Wildman–Crippen LogP) is 2.83. The summed E-state index contributed by atoms with van der Waals surface area (Å²) >= 11 is 0. The molecular weight excluding hydrogens is 236 g/mol. The zero-order chi connectivity index (χ0) is 14.0. The molecule has 2 rings (SSSR count). The van der Waals surface area contributed by atoms with E-state index in [0.29, 0.717) is 12.0 Å². The number of ether oxygens (including phenoxy) is 1. The average Bonchev–Trinajstić information content (AvgIpc) is 2.38. The second kappa shape index (κ2) is 5.93. The van der Waals surface area contributed by atoms with Gasteiger partial charge in [-0.2, -0.15) is 0 Å². The van der Waals surface area contributed by atoms with E-state index in [1.54, 1.807) is 7.11 Å². The Morgan fingerprint density at radius 3 is 2.11 bits per heavy atom. The Labute approximate surface area is 116 Å². The topological polar surface area (TPSA) is 61.3 Å². The summed E-state index contributed by atoms with van der Waals surface area (Å²) in [6, 6.07) is 4.84. The SMILES string of the molecule is COc1c(C)cc(C(N)C2CCC(N)CC2)cc1C. The maximum atomic E-state index is 6.46. The maximum absolute atomic E-state index is 6.46. The van der Waals surface area contributed by atoms with Gasteiger partial charge in [0.25, 0.3) is 0 Å². The van der Waals surface area contributed by atoms with Crippen LogP contribution in [0.3, 0.4) is 0 Å². The first-order chi connectivity index (χ1) is 9.02. The van der Waals surface area contributed by atoms with Crippen LogP contribution in [0.25, 0.3) is 0 Å². The van der Waals surface area contributed by atoms with Crippen LogP contribution in [0, 0.1) is 19.8 Å². The lowest BCUT2D eigenvalue weighted by molar-refractivity contribution is 0.284. The fourth-order valence-corrected chi connectivity index (χ4v) is 3.27. The Kier molecular flexibility index (Phi) is 4.48. The number of hydrogen-bond acceptors (Lipinski definition) is 3. The van der Waals surface area contributed by atoms with Gasteiger partial charge in [-0.05, 0) is 62.1 Å². The van der Waals surface area contributed by atoms with Gasteiger partial charge in [0.2, 0.25) is 0 Å². The van der Waals surface area contributed by atoms with Gasteiger partial charge in [0, 0.05) is 12.1 Å². The molecule has 4 N–H and O–H groups in total. The highest BCUT2D eigenvalue weighted by Crippen LogP contribution is 2.35. The molecule has 0 aromatic heterocycles. The summed E-state index contributed by atoms with van der Waals surface area (Å²) in [5, 5.41) is 0. The second-order valence-electron chi connectivity index (χ2n) is 5.89. The first kappa shape index (κ1) is 14.4. The van der Waals surface area contributed by atoms with Crippen LogP contribution in [-0.4, -0.2) is 13.2 Å². The summed E-state index contributed by atoms with van der Waals surface area (Å²) in [5.41, 5.74) is 16.0. The smallest absolute Gasteiger partial charge is 0.124 e. The van der Waals surface area contributed by atoms with Gasteiger partial charge >= 0.3 is 0 Å². The minimum absolute atomic E-state index is 0.121. The minimum atomic E-state index is 0.121. The van der Waals surface area contributed by atoms with Gasteiger partial charge in [-0.1, -0.05) is 12.1 Å². The van der Waals surface area contributed by atoms with Crippen LogP contribution in [-0.2, 0) is 0 Å². The molecule has 1 fully saturated rings. The van der Waals surface area contributed by atoms with Crippen LogP contribution in [0.2, 0.25) is 0 Å². The van der Waals surface area contributed by atoms with Crippen LogP contribution in [0.5, 0.6) is 5.75 Å². The Balaban J connectivity index is 2.17. The highest BCUT2D eigenvalue weighted by Gasteiger charge is 2.25. The highest BCUT2D eigenvalue weighted by atomic mass is 16.5. The number of rotatable bonds is 3. The normalized spacial score (nSPS) is 25.1. The van der Waals surface area contributed by atoms with Crippen LogP contribution in [0.4, 0.5) is 0 Å². The van der Waals surface area contributed by atoms with Gasteiger partial charge < -0.3 is 16.2 Å². The number of nitrogens with two attached hydrogens (primary N) is 2. The molecule has 1 unspecified atom stereocenters. The molecule has 1 saturated carbocycles.